The van der Waals surface area contributed by atoms with Gasteiger partial charge in [0.1, 0.15) is 29.2 Å². The van der Waals surface area contributed by atoms with Crippen molar-refractivity contribution in [3.63, 3.8) is 0 Å². The highest BCUT2D eigenvalue weighted by atomic mass is 16.5. The van der Waals surface area contributed by atoms with Crippen LogP contribution in [0.4, 0.5) is 5.88 Å². The van der Waals surface area contributed by atoms with Crippen molar-refractivity contribution in [2.45, 2.75) is 20.4 Å². The summed E-state index contributed by atoms with van der Waals surface area (Å²) in [4.78, 5) is 37.3. The Morgan fingerprint density at radius 2 is 1.83 bits per heavy atom. The molecule has 1 atom stereocenters. The highest BCUT2D eigenvalue weighted by Gasteiger charge is 2.29. The molecular weight excluding hydrogens is 378 g/mol. The Morgan fingerprint density at radius 1 is 1.17 bits per heavy atom. The Hall–Kier alpha value is -3.33. The summed E-state index contributed by atoms with van der Waals surface area (Å²) in [5.41, 5.74) is 6.16. The van der Waals surface area contributed by atoms with E-state index in [-0.39, 0.29) is 41.8 Å². The van der Waals surface area contributed by atoms with Crippen LogP contribution < -0.4 is 20.7 Å². The summed E-state index contributed by atoms with van der Waals surface area (Å²) in [6.45, 7) is 3.98. The van der Waals surface area contributed by atoms with Crippen LogP contribution in [0.25, 0.3) is 0 Å². The molecule has 0 bridgehead atoms. The lowest BCUT2D eigenvalue weighted by atomic mass is 10.1. The molecular formula is C20H26N3O6+. The number of nitrogens with one attached hydrogen (secondary N) is 2. The molecule has 2 rings (SSSR count). The van der Waals surface area contributed by atoms with Gasteiger partial charge in [-0.25, -0.2) is 4.79 Å². The molecule has 0 aliphatic carbocycles. The van der Waals surface area contributed by atoms with Crippen molar-refractivity contribution in [1.82, 2.24) is 0 Å². The van der Waals surface area contributed by atoms with Gasteiger partial charge in [-0.1, -0.05) is 0 Å². The normalized spacial score (nSPS) is 11.6. The number of amides is 2. The average Bonchev–Trinajstić information content (AvgIpc) is 2.98. The molecule has 1 aromatic heterocycles. The molecule has 0 saturated heterocycles. The molecule has 0 aliphatic heterocycles. The number of hydrogen-bond donors (Lipinski definition) is 3. The van der Waals surface area contributed by atoms with Gasteiger partial charge in [-0.2, -0.15) is 0 Å². The van der Waals surface area contributed by atoms with E-state index in [0.29, 0.717) is 6.54 Å². The Morgan fingerprint density at radius 3 is 2.38 bits per heavy atom. The van der Waals surface area contributed by atoms with E-state index in [9.17, 15) is 14.4 Å². The number of likely N-dealkylation sites (N-methyl/N-ethyl adjacent to an activating group) is 1. The maximum atomic E-state index is 12.4. The Labute approximate surface area is 168 Å². The minimum absolute atomic E-state index is 0.0754. The number of furan rings is 1. The lowest BCUT2D eigenvalue weighted by Crippen LogP contribution is -3.08. The lowest BCUT2D eigenvalue weighted by molar-refractivity contribution is -0.885. The predicted molar refractivity (Wildman–Crippen MR) is 105 cm³/mol. The number of carbonyl (C=O) groups excluding carboxylic acids is 3. The van der Waals surface area contributed by atoms with Crippen molar-refractivity contribution in [2.75, 3.05) is 32.6 Å². The van der Waals surface area contributed by atoms with E-state index in [4.69, 9.17) is 19.6 Å². The molecule has 2 aromatic rings. The number of nitrogens with two attached hydrogens (primary N) is 1. The Kier molecular flexibility index (Phi) is 7.38. The summed E-state index contributed by atoms with van der Waals surface area (Å²) in [5, 5.41) is 2.53. The van der Waals surface area contributed by atoms with E-state index >= 15 is 0 Å². The zero-order valence-corrected chi connectivity index (χ0v) is 17.0. The number of methoxy groups -OCH3 is 1. The quantitative estimate of drug-likeness (QED) is 0.524. The lowest BCUT2D eigenvalue weighted by Gasteiger charge is -2.14. The van der Waals surface area contributed by atoms with Crippen LogP contribution in [0.15, 0.2) is 28.7 Å². The monoisotopic (exact) mass is 404 g/mol. The van der Waals surface area contributed by atoms with Crippen molar-refractivity contribution < 1.29 is 33.2 Å². The van der Waals surface area contributed by atoms with Crippen LogP contribution in [0.2, 0.25) is 0 Å². The highest BCUT2D eigenvalue weighted by molar-refractivity contribution is 6.10. The molecule has 9 heteroatoms. The van der Waals surface area contributed by atoms with E-state index in [2.05, 4.69) is 5.32 Å². The average molecular weight is 404 g/mol. The fourth-order valence-electron chi connectivity index (χ4n) is 2.92. The second kappa shape index (κ2) is 9.74. The number of rotatable bonds is 9. The maximum absolute atomic E-state index is 12.4. The van der Waals surface area contributed by atoms with Gasteiger partial charge in [0.2, 0.25) is 5.88 Å². The number of ether oxygens (including phenoxy) is 2. The third kappa shape index (κ3) is 5.58. The van der Waals surface area contributed by atoms with Crippen LogP contribution in [0.3, 0.4) is 0 Å². The van der Waals surface area contributed by atoms with Crippen molar-refractivity contribution in [3.8, 4) is 5.75 Å². The number of anilines is 1. The summed E-state index contributed by atoms with van der Waals surface area (Å²) >= 11 is 0. The SMILES string of the molecule is CCOC(=O)c1c(C)oc(NC(=O)C[NH+](C)Cc2ccc(OC)cc2)c1C(N)=O. The second-order valence-corrected chi connectivity index (χ2v) is 6.53. The number of aryl methyl sites for hydroxylation is 1. The molecule has 156 valence electrons. The zero-order valence-electron chi connectivity index (χ0n) is 17.0. The van der Waals surface area contributed by atoms with E-state index in [1.807, 2.05) is 31.3 Å². The van der Waals surface area contributed by atoms with Crippen molar-refractivity contribution in [1.29, 1.82) is 0 Å². The van der Waals surface area contributed by atoms with Gasteiger partial charge in [0.25, 0.3) is 11.8 Å². The molecule has 29 heavy (non-hydrogen) atoms. The van der Waals surface area contributed by atoms with Gasteiger partial charge in [0.15, 0.2) is 6.54 Å². The number of carbonyl (C=O) groups is 3. The van der Waals surface area contributed by atoms with Crippen molar-refractivity contribution in [2.24, 2.45) is 5.73 Å². The first-order valence-electron chi connectivity index (χ1n) is 9.11. The second-order valence-electron chi connectivity index (χ2n) is 6.53. The molecule has 1 aromatic carbocycles. The van der Waals surface area contributed by atoms with Gasteiger partial charge in [0, 0.05) is 5.56 Å². The van der Waals surface area contributed by atoms with Gasteiger partial charge in [-0.05, 0) is 38.1 Å². The fourth-order valence-corrected chi connectivity index (χ4v) is 2.92. The highest BCUT2D eigenvalue weighted by Crippen LogP contribution is 2.27. The third-order valence-corrected chi connectivity index (χ3v) is 4.19. The standard InChI is InChI=1S/C20H25N3O6/c1-5-28-20(26)16-12(2)29-19(17(16)18(21)25)22-15(24)11-23(3)10-13-6-8-14(27-4)9-7-13/h6-9H,5,10-11H2,1-4H3,(H2,21,25)(H,22,24)/p+1. The molecule has 4 N–H and O–H groups in total. The first kappa shape index (κ1) is 22.0. The van der Waals surface area contributed by atoms with E-state index in [1.54, 1.807) is 14.0 Å². The number of quaternary nitrogens is 1. The van der Waals surface area contributed by atoms with Crippen molar-refractivity contribution in [3.05, 3.63) is 46.7 Å². The molecule has 0 saturated carbocycles. The largest absolute Gasteiger partial charge is 0.497 e. The number of benzene rings is 1. The van der Waals surface area contributed by atoms with Crippen LogP contribution in [-0.4, -0.2) is 45.1 Å². The Bertz CT molecular complexity index is 888. The first-order chi connectivity index (χ1) is 13.8. The van der Waals surface area contributed by atoms with E-state index < -0.39 is 11.9 Å². The smallest absolute Gasteiger partial charge is 0.342 e. The molecule has 0 fully saturated rings. The van der Waals surface area contributed by atoms with Gasteiger partial charge in [0.05, 0.1) is 20.8 Å². The minimum atomic E-state index is -0.890. The molecule has 1 heterocycles. The number of esters is 1. The topological polar surface area (TPSA) is 125 Å². The van der Waals surface area contributed by atoms with Gasteiger partial charge in [-0.3, -0.25) is 14.9 Å². The third-order valence-electron chi connectivity index (χ3n) is 4.19. The summed E-state index contributed by atoms with van der Waals surface area (Å²) in [6.07, 6.45) is 0. The first-order valence-corrected chi connectivity index (χ1v) is 9.11. The van der Waals surface area contributed by atoms with Crippen LogP contribution in [0, 0.1) is 6.92 Å². The van der Waals surface area contributed by atoms with Gasteiger partial charge in [-0.15, -0.1) is 0 Å². The molecule has 9 nitrogen and oxygen atoms in total. The van der Waals surface area contributed by atoms with Crippen LogP contribution >= 0.6 is 0 Å². The summed E-state index contributed by atoms with van der Waals surface area (Å²) in [7, 11) is 3.46. The zero-order chi connectivity index (χ0) is 21.6. The molecule has 0 spiro atoms. The molecule has 1 unspecified atom stereocenters. The minimum Gasteiger partial charge on any atom is -0.497 e. The number of primary amides is 1. The van der Waals surface area contributed by atoms with Crippen LogP contribution in [0.1, 0.15) is 39.0 Å². The van der Waals surface area contributed by atoms with Gasteiger partial charge < -0.3 is 24.5 Å². The van der Waals surface area contributed by atoms with Gasteiger partial charge >= 0.3 is 5.97 Å². The molecule has 0 aliphatic rings. The van der Waals surface area contributed by atoms with E-state index in [0.717, 1.165) is 16.2 Å². The van der Waals surface area contributed by atoms with E-state index in [1.165, 1.54) is 6.92 Å². The fraction of sp³-hybridized carbons (Fsp3) is 0.350. The Balaban J connectivity index is 2.08. The maximum Gasteiger partial charge on any atom is 0.342 e. The predicted octanol–water partition coefficient (Wildman–Crippen LogP) is 0.526. The summed E-state index contributed by atoms with van der Waals surface area (Å²) in [5.74, 6) is -1.26. The summed E-state index contributed by atoms with van der Waals surface area (Å²) in [6, 6.07) is 7.55. The molecule has 0 radical (unpaired) electrons. The molecule has 2 amide bonds. The van der Waals surface area contributed by atoms with Crippen LogP contribution in [0.5, 0.6) is 5.75 Å². The van der Waals surface area contributed by atoms with Crippen LogP contribution in [-0.2, 0) is 16.1 Å². The summed E-state index contributed by atoms with van der Waals surface area (Å²) < 4.78 is 15.5. The number of hydrogen-bond acceptors (Lipinski definition) is 6. The van der Waals surface area contributed by atoms with Crippen molar-refractivity contribution >= 4 is 23.7 Å².